The van der Waals surface area contributed by atoms with E-state index in [9.17, 15) is 0 Å². The predicted molar refractivity (Wildman–Crippen MR) is 83.6 cm³/mol. The molecule has 0 saturated carbocycles. The lowest BCUT2D eigenvalue weighted by atomic mass is 10.0. The molecule has 0 amide bonds. The van der Waals surface area contributed by atoms with Crippen LogP contribution in [-0.4, -0.2) is 38.8 Å². The molecule has 106 valence electrons. The van der Waals surface area contributed by atoms with E-state index in [0.29, 0.717) is 0 Å². The van der Waals surface area contributed by atoms with Crippen molar-refractivity contribution in [2.75, 3.05) is 34.3 Å². The van der Waals surface area contributed by atoms with E-state index in [1.54, 1.807) is 0 Å². The van der Waals surface area contributed by atoms with Crippen molar-refractivity contribution in [2.45, 2.75) is 6.10 Å². The van der Waals surface area contributed by atoms with Crippen LogP contribution in [0, 0.1) is 0 Å². The topological polar surface area (TPSA) is 9.23 Å². The Labute approximate surface area is 122 Å². The molecule has 0 bridgehead atoms. The van der Waals surface area contributed by atoms with Crippen LogP contribution < -0.4 is 0 Å². The van der Waals surface area contributed by atoms with Gasteiger partial charge >= 0.3 is 0 Å². The maximum atomic E-state index is 6.17. The zero-order chi connectivity index (χ0) is 14.4. The van der Waals surface area contributed by atoms with Crippen molar-refractivity contribution in [3.8, 4) is 0 Å². The molecule has 0 radical (unpaired) electrons. The van der Waals surface area contributed by atoms with E-state index in [0.717, 1.165) is 17.6 Å². The van der Waals surface area contributed by atoms with Crippen LogP contribution in [0.25, 0.3) is 0 Å². The molecule has 20 heavy (non-hydrogen) atoms. The largest absolute Gasteiger partial charge is 0.363 e. The summed E-state index contributed by atoms with van der Waals surface area (Å²) < 4.78 is 7.09. The first kappa shape index (κ1) is 14.8. The van der Waals surface area contributed by atoms with E-state index < -0.39 is 0 Å². The van der Waals surface area contributed by atoms with E-state index in [1.807, 2.05) is 12.1 Å². The maximum Gasteiger partial charge on any atom is 0.108 e. The molecule has 0 aromatic heterocycles. The molecule has 0 aliphatic carbocycles. The van der Waals surface area contributed by atoms with E-state index in [-0.39, 0.29) is 6.10 Å². The average Bonchev–Trinajstić information content (AvgIpc) is 2.44. The van der Waals surface area contributed by atoms with Crippen LogP contribution in [-0.2, 0) is 4.74 Å². The molecule has 0 saturated heterocycles. The van der Waals surface area contributed by atoms with Gasteiger partial charge < -0.3 is 9.22 Å². The Morgan fingerprint density at radius 3 is 1.65 bits per heavy atom. The highest BCUT2D eigenvalue weighted by molar-refractivity contribution is 5.29. The third-order valence-corrected chi connectivity index (χ3v) is 3.25. The minimum atomic E-state index is 0.0175. The maximum absolute atomic E-state index is 6.17. The number of hydrogen-bond donors (Lipinski definition) is 0. The summed E-state index contributed by atoms with van der Waals surface area (Å²) in [4.78, 5) is 0. The van der Waals surface area contributed by atoms with Crippen LogP contribution >= 0.6 is 0 Å². The van der Waals surface area contributed by atoms with Gasteiger partial charge in [-0.25, -0.2) is 0 Å². The van der Waals surface area contributed by atoms with Crippen molar-refractivity contribution in [3.63, 3.8) is 0 Å². The fraction of sp³-hybridized carbons (Fsp3) is 0.333. The molecule has 0 unspecified atom stereocenters. The van der Waals surface area contributed by atoms with Gasteiger partial charge in [0.25, 0.3) is 0 Å². The van der Waals surface area contributed by atoms with Crippen LogP contribution in [0.1, 0.15) is 17.2 Å². The number of benzene rings is 2. The molecule has 2 aromatic rings. The van der Waals surface area contributed by atoms with E-state index in [4.69, 9.17) is 4.74 Å². The monoisotopic (exact) mass is 270 g/mol. The van der Waals surface area contributed by atoms with Crippen LogP contribution in [0.2, 0.25) is 0 Å². The van der Waals surface area contributed by atoms with Gasteiger partial charge in [-0.1, -0.05) is 60.7 Å². The minimum Gasteiger partial charge on any atom is -0.363 e. The molecule has 2 heteroatoms. The van der Waals surface area contributed by atoms with Crippen LogP contribution in [0.5, 0.6) is 0 Å². The highest BCUT2D eigenvalue weighted by Gasteiger charge is 2.16. The van der Waals surface area contributed by atoms with Gasteiger partial charge in [-0.05, 0) is 11.1 Å². The first-order chi connectivity index (χ1) is 9.56. The summed E-state index contributed by atoms with van der Waals surface area (Å²) in [6, 6.07) is 20.8. The summed E-state index contributed by atoms with van der Waals surface area (Å²) >= 11 is 0. The first-order valence-electron chi connectivity index (χ1n) is 7.08. The molecule has 0 atom stereocenters. The molecule has 2 nitrogen and oxygen atoms in total. The fourth-order valence-corrected chi connectivity index (χ4v) is 2.08. The molecular formula is C18H24NO+. The van der Waals surface area contributed by atoms with Gasteiger partial charge in [0.1, 0.15) is 12.6 Å². The summed E-state index contributed by atoms with van der Waals surface area (Å²) in [6.45, 7) is 1.74. The number of quaternary nitrogens is 1. The van der Waals surface area contributed by atoms with Gasteiger partial charge in [0, 0.05) is 0 Å². The number of rotatable bonds is 6. The van der Waals surface area contributed by atoms with Crippen LogP contribution in [0.15, 0.2) is 60.7 Å². The van der Waals surface area contributed by atoms with Gasteiger partial charge in [-0.15, -0.1) is 0 Å². The second-order valence-corrected chi connectivity index (χ2v) is 6.09. The summed E-state index contributed by atoms with van der Waals surface area (Å²) in [6.07, 6.45) is 0.0175. The lowest BCUT2D eigenvalue weighted by Gasteiger charge is -2.26. The lowest BCUT2D eigenvalue weighted by Crippen LogP contribution is -2.37. The second kappa shape index (κ2) is 6.69. The summed E-state index contributed by atoms with van der Waals surface area (Å²) in [5, 5.41) is 0. The molecule has 2 rings (SSSR count). The normalized spacial score (nSPS) is 11.8. The Hall–Kier alpha value is -1.64. The molecule has 0 aliphatic rings. The van der Waals surface area contributed by atoms with E-state index >= 15 is 0 Å². The Morgan fingerprint density at radius 2 is 1.25 bits per heavy atom. The van der Waals surface area contributed by atoms with Crippen molar-refractivity contribution in [2.24, 2.45) is 0 Å². The Morgan fingerprint density at radius 1 is 0.800 bits per heavy atom. The lowest BCUT2D eigenvalue weighted by molar-refractivity contribution is -0.870. The van der Waals surface area contributed by atoms with Crippen LogP contribution in [0.4, 0.5) is 0 Å². The molecule has 0 spiro atoms. The third kappa shape index (κ3) is 4.48. The smallest absolute Gasteiger partial charge is 0.108 e. The summed E-state index contributed by atoms with van der Waals surface area (Å²) in [7, 11) is 6.55. The average molecular weight is 270 g/mol. The SMILES string of the molecule is C[N+](C)(C)CCOC(c1ccccc1)c1ccccc1. The Bertz CT molecular complexity index is 462. The van der Waals surface area contributed by atoms with Crippen LogP contribution in [0.3, 0.4) is 0 Å². The molecule has 0 heterocycles. The van der Waals surface area contributed by atoms with E-state index in [1.165, 1.54) is 11.1 Å². The Balaban J connectivity index is 2.13. The summed E-state index contributed by atoms with van der Waals surface area (Å²) in [5.74, 6) is 0. The number of hydrogen-bond acceptors (Lipinski definition) is 1. The minimum absolute atomic E-state index is 0.0175. The second-order valence-electron chi connectivity index (χ2n) is 6.09. The van der Waals surface area contributed by atoms with Crippen molar-refractivity contribution in [3.05, 3.63) is 71.8 Å². The fourth-order valence-electron chi connectivity index (χ4n) is 2.08. The Kier molecular flexibility index (Phi) is 4.94. The van der Waals surface area contributed by atoms with Gasteiger partial charge in [-0.3, -0.25) is 0 Å². The predicted octanol–water partition coefficient (Wildman–Crippen LogP) is 3.50. The van der Waals surface area contributed by atoms with Gasteiger partial charge in [-0.2, -0.15) is 0 Å². The third-order valence-electron chi connectivity index (χ3n) is 3.25. The zero-order valence-electron chi connectivity index (χ0n) is 12.6. The van der Waals surface area contributed by atoms with Gasteiger partial charge in [0.15, 0.2) is 0 Å². The number of ether oxygens (including phenoxy) is 1. The number of nitrogens with zero attached hydrogens (tertiary/aromatic N) is 1. The highest BCUT2D eigenvalue weighted by Crippen LogP contribution is 2.25. The standard InChI is InChI=1S/C18H24NO/c1-19(2,3)14-15-20-18(16-10-6-4-7-11-16)17-12-8-5-9-13-17/h4-13,18H,14-15H2,1-3H3/q+1. The zero-order valence-corrected chi connectivity index (χ0v) is 12.6. The van der Waals surface area contributed by atoms with Gasteiger partial charge in [0.2, 0.25) is 0 Å². The van der Waals surface area contributed by atoms with E-state index in [2.05, 4.69) is 69.7 Å². The molecule has 0 fully saturated rings. The van der Waals surface area contributed by atoms with Crippen molar-refractivity contribution >= 4 is 0 Å². The van der Waals surface area contributed by atoms with Gasteiger partial charge in [0.05, 0.1) is 27.7 Å². The summed E-state index contributed by atoms with van der Waals surface area (Å²) in [5.41, 5.74) is 2.42. The van der Waals surface area contributed by atoms with Crippen molar-refractivity contribution in [1.29, 1.82) is 0 Å². The first-order valence-corrected chi connectivity index (χ1v) is 7.08. The molecular weight excluding hydrogens is 246 g/mol. The number of likely N-dealkylation sites (N-methyl/N-ethyl adjacent to an activating group) is 1. The molecule has 0 aliphatic heterocycles. The molecule has 0 N–H and O–H groups in total. The van der Waals surface area contributed by atoms with Crippen molar-refractivity contribution < 1.29 is 9.22 Å². The van der Waals surface area contributed by atoms with Crippen molar-refractivity contribution in [1.82, 2.24) is 0 Å². The quantitative estimate of drug-likeness (QED) is 0.730. The molecule has 2 aromatic carbocycles. The highest BCUT2D eigenvalue weighted by atomic mass is 16.5.